The number of rotatable bonds is 5. The van der Waals surface area contributed by atoms with Crippen molar-refractivity contribution in [2.75, 3.05) is 0 Å². The third kappa shape index (κ3) is 2.97. The first-order chi connectivity index (χ1) is 9.77. The van der Waals surface area contributed by atoms with Crippen LogP contribution in [0.1, 0.15) is 5.69 Å². The Bertz CT molecular complexity index is 662. The Balaban J connectivity index is 2.45. The number of allylic oxidation sites excluding steroid dienone is 4. The molecule has 0 aromatic carbocycles. The molecule has 0 saturated carbocycles. The molecule has 20 heavy (non-hydrogen) atoms. The van der Waals surface area contributed by atoms with Crippen LogP contribution in [0.15, 0.2) is 67.3 Å². The summed E-state index contributed by atoms with van der Waals surface area (Å²) in [5, 5.41) is 9.98. The van der Waals surface area contributed by atoms with Crippen molar-refractivity contribution in [1.29, 1.82) is 0 Å². The summed E-state index contributed by atoms with van der Waals surface area (Å²) in [5.41, 5.74) is 3.04. The second kappa shape index (κ2) is 6.73. The van der Waals surface area contributed by atoms with Gasteiger partial charge in [0, 0.05) is 5.56 Å². The quantitative estimate of drug-likeness (QED) is 0.509. The number of hydrogen-bond donors (Lipinski definition) is 1. The molecule has 0 amide bonds. The summed E-state index contributed by atoms with van der Waals surface area (Å²) < 4.78 is 5.56. The summed E-state index contributed by atoms with van der Waals surface area (Å²) in [6.45, 7) is 7.55. The Morgan fingerprint density at radius 1 is 1.25 bits per heavy atom. The lowest BCUT2D eigenvalue weighted by Crippen LogP contribution is -1.85. The molecule has 0 aromatic heterocycles. The van der Waals surface area contributed by atoms with Gasteiger partial charge in [-0.15, -0.1) is 10.2 Å². The second-order valence-electron chi connectivity index (χ2n) is 3.92. The predicted octanol–water partition coefficient (Wildman–Crippen LogP) is 4.12. The lowest BCUT2D eigenvalue weighted by atomic mass is 10.1. The van der Waals surface area contributed by atoms with Crippen LogP contribution in [0.2, 0.25) is 0 Å². The summed E-state index contributed by atoms with van der Waals surface area (Å²) in [6, 6.07) is 7.58. The van der Waals surface area contributed by atoms with Crippen molar-refractivity contribution in [3.05, 3.63) is 73.0 Å². The Kier molecular flexibility index (Phi) is 4.74. The maximum atomic E-state index is 5.56. The normalized spacial score (nSPS) is 11.2. The standard InChI is InChI=1S/C16H14N2OS/c1-3-4-10-19-14-8-6-5-7-13-15(12(2)9-11-20)17-18-16(13)14/h3-11,20H,1-2H2/b10-4+,11-9+. The van der Waals surface area contributed by atoms with Crippen LogP contribution in [0.5, 0.6) is 5.75 Å². The highest BCUT2D eigenvalue weighted by Crippen LogP contribution is 2.34. The SMILES string of the molecule is C=C/C=C/Oc1ccccc2c(C(=C)/C=C/S)nnc1-2. The summed E-state index contributed by atoms with van der Waals surface area (Å²) in [7, 11) is 0. The van der Waals surface area contributed by atoms with E-state index < -0.39 is 0 Å². The van der Waals surface area contributed by atoms with Crippen molar-refractivity contribution >= 4 is 18.2 Å². The Morgan fingerprint density at radius 3 is 2.80 bits per heavy atom. The zero-order valence-corrected chi connectivity index (χ0v) is 11.8. The Hall–Kier alpha value is -2.33. The van der Waals surface area contributed by atoms with E-state index in [4.69, 9.17) is 4.74 Å². The van der Waals surface area contributed by atoms with Crippen molar-refractivity contribution in [1.82, 2.24) is 10.2 Å². The molecule has 0 N–H and O–H groups in total. The molecule has 3 nitrogen and oxygen atoms in total. The average Bonchev–Trinajstić information content (AvgIpc) is 2.76. The number of thiol groups is 1. The molecule has 1 aliphatic carbocycles. The first kappa shape index (κ1) is 14.1. The smallest absolute Gasteiger partial charge is 0.154 e. The highest BCUT2D eigenvalue weighted by atomic mass is 32.1. The van der Waals surface area contributed by atoms with Gasteiger partial charge in [-0.25, -0.2) is 0 Å². The summed E-state index contributed by atoms with van der Waals surface area (Å²) in [5.74, 6) is 0.629. The molecule has 0 spiro atoms. The van der Waals surface area contributed by atoms with Crippen LogP contribution in [0.3, 0.4) is 0 Å². The number of nitrogens with zero attached hydrogens (tertiary/aromatic N) is 2. The third-order valence-electron chi connectivity index (χ3n) is 2.60. The molecule has 100 valence electrons. The molecule has 0 saturated heterocycles. The maximum absolute atomic E-state index is 5.56. The highest BCUT2D eigenvalue weighted by molar-refractivity contribution is 7.83. The number of hydrogen-bond acceptors (Lipinski definition) is 4. The van der Waals surface area contributed by atoms with E-state index in [9.17, 15) is 0 Å². The first-order valence-corrected chi connectivity index (χ1v) is 6.49. The molecular formula is C16H14N2OS. The molecule has 1 heterocycles. The van der Waals surface area contributed by atoms with Gasteiger partial charge >= 0.3 is 0 Å². The summed E-state index contributed by atoms with van der Waals surface area (Å²) in [6.07, 6.45) is 6.68. The molecule has 0 aromatic rings. The summed E-state index contributed by atoms with van der Waals surface area (Å²) in [4.78, 5) is 0. The largest absolute Gasteiger partial charge is 0.463 e. The van der Waals surface area contributed by atoms with Gasteiger partial charge in [0.15, 0.2) is 5.75 Å². The van der Waals surface area contributed by atoms with Gasteiger partial charge < -0.3 is 4.74 Å². The van der Waals surface area contributed by atoms with Crippen LogP contribution in [0.25, 0.3) is 16.8 Å². The van der Waals surface area contributed by atoms with Crippen molar-refractivity contribution in [3.63, 3.8) is 0 Å². The predicted molar refractivity (Wildman–Crippen MR) is 85.8 cm³/mol. The molecule has 1 aliphatic heterocycles. The lowest BCUT2D eigenvalue weighted by Gasteiger charge is -2.01. The minimum atomic E-state index is 0.629. The molecule has 0 unspecified atom stereocenters. The number of fused-ring (bicyclic) bond motifs is 1. The van der Waals surface area contributed by atoms with Gasteiger partial charge in [0.2, 0.25) is 0 Å². The molecule has 0 radical (unpaired) electrons. The zero-order chi connectivity index (χ0) is 14.4. The number of aromatic nitrogens is 2. The monoisotopic (exact) mass is 282 g/mol. The zero-order valence-electron chi connectivity index (χ0n) is 10.9. The van der Waals surface area contributed by atoms with E-state index in [1.54, 1.807) is 29.9 Å². The van der Waals surface area contributed by atoms with Crippen LogP contribution >= 0.6 is 12.6 Å². The summed E-state index contributed by atoms with van der Waals surface area (Å²) >= 11 is 4.04. The van der Waals surface area contributed by atoms with Crippen LogP contribution in [-0.2, 0) is 0 Å². The maximum Gasteiger partial charge on any atom is 0.154 e. The van der Waals surface area contributed by atoms with Crippen molar-refractivity contribution in [3.8, 4) is 17.0 Å². The van der Waals surface area contributed by atoms with E-state index in [1.807, 2.05) is 24.3 Å². The van der Waals surface area contributed by atoms with E-state index in [-0.39, 0.29) is 0 Å². The van der Waals surface area contributed by atoms with Crippen LogP contribution < -0.4 is 4.74 Å². The fourth-order valence-electron chi connectivity index (χ4n) is 1.70. The van der Waals surface area contributed by atoms with Crippen molar-refractivity contribution in [2.45, 2.75) is 0 Å². The van der Waals surface area contributed by atoms with Crippen LogP contribution in [0, 0.1) is 0 Å². The second-order valence-corrected chi connectivity index (χ2v) is 4.21. The van der Waals surface area contributed by atoms with E-state index in [0.717, 1.165) is 16.8 Å². The molecule has 0 bridgehead atoms. The molecular weight excluding hydrogens is 268 g/mol. The molecule has 4 heteroatoms. The van der Waals surface area contributed by atoms with Gasteiger partial charge in [-0.1, -0.05) is 37.4 Å². The van der Waals surface area contributed by atoms with E-state index in [2.05, 4.69) is 36.0 Å². The highest BCUT2D eigenvalue weighted by Gasteiger charge is 2.17. The average molecular weight is 282 g/mol. The van der Waals surface area contributed by atoms with E-state index >= 15 is 0 Å². The van der Waals surface area contributed by atoms with Crippen molar-refractivity contribution < 1.29 is 4.74 Å². The number of ether oxygens (including phenoxy) is 1. The van der Waals surface area contributed by atoms with Gasteiger partial charge in [0.25, 0.3) is 0 Å². The fraction of sp³-hybridized carbons (Fsp3) is 0. The van der Waals surface area contributed by atoms with Gasteiger partial charge in [0.1, 0.15) is 11.4 Å². The first-order valence-electron chi connectivity index (χ1n) is 5.97. The topological polar surface area (TPSA) is 35.0 Å². The van der Waals surface area contributed by atoms with Gasteiger partial charge in [-0.2, -0.15) is 12.6 Å². The van der Waals surface area contributed by atoms with Gasteiger partial charge in [-0.3, -0.25) is 0 Å². The van der Waals surface area contributed by atoms with E-state index in [1.165, 1.54) is 0 Å². The van der Waals surface area contributed by atoms with E-state index in [0.29, 0.717) is 11.4 Å². The third-order valence-corrected chi connectivity index (χ3v) is 2.75. The van der Waals surface area contributed by atoms with Crippen molar-refractivity contribution in [2.24, 2.45) is 0 Å². The van der Waals surface area contributed by atoms with Gasteiger partial charge in [-0.05, 0) is 29.2 Å². The van der Waals surface area contributed by atoms with Crippen LogP contribution in [-0.4, -0.2) is 10.2 Å². The Morgan fingerprint density at radius 2 is 2.05 bits per heavy atom. The fourth-order valence-corrected chi connectivity index (χ4v) is 1.88. The minimum absolute atomic E-state index is 0.629. The molecule has 2 aliphatic rings. The van der Waals surface area contributed by atoms with Crippen LogP contribution in [0.4, 0.5) is 0 Å². The Labute approximate surface area is 123 Å². The molecule has 0 atom stereocenters. The molecule has 2 rings (SSSR count). The lowest BCUT2D eigenvalue weighted by molar-refractivity contribution is 0.482. The minimum Gasteiger partial charge on any atom is -0.463 e. The molecule has 0 fully saturated rings. The van der Waals surface area contributed by atoms with Gasteiger partial charge in [0.05, 0.1) is 6.26 Å².